The second-order valence-electron chi connectivity index (χ2n) is 3.02. The number of hydrogen-bond donors (Lipinski definition) is 0. The third kappa shape index (κ3) is 2.74. The standard InChI is InChI=1S/C8F10S/c9-1-2(10)4(12)6(5(13)3(1)11)19-8(17,18)7(14,15)16. The predicted molar refractivity (Wildman–Crippen MR) is 43.1 cm³/mol. The molecule has 0 amide bonds. The van der Waals surface area contributed by atoms with Gasteiger partial charge in [0.15, 0.2) is 23.3 Å². The quantitative estimate of drug-likeness (QED) is 0.332. The molecule has 0 fully saturated rings. The molecular weight excluding hydrogens is 318 g/mol. The van der Waals surface area contributed by atoms with Crippen molar-refractivity contribution in [1.29, 1.82) is 0 Å². The van der Waals surface area contributed by atoms with Gasteiger partial charge in [-0.2, -0.15) is 22.0 Å². The molecule has 0 aromatic heterocycles. The third-order valence-electron chi connectivity index (χ3n) is 1.73. The molecule has 0 aliphatic rings. The highest BCUT2D eigenvalue weighted by Crippen LogP contribution is 2.49. The summed E-state index contributed by atoms with van der Waals surface area (Å²) in [4.78, 5) is -2.31. The van der Waals surface area contributed by atoms with E-state index in [4.69, 9.17) is 0 Å². The Morgan fingerprint density at radius 2 is 0.895 bits per heavy atom. The number of halogens is 10. The van der Waals surface area contributed by atoms with Gasteiger partial charge >= 0.3 is 11.4 Å². The van der Waals surface area contributed by atoms with Crippen LogP contribution in [0.5, 0.6) is 0 Å². The van der Waals surface area contributed by atoms with Crippen LogP contribution in [0.4, 0.5) is 43.9 Å². The van der Waals surface area contributed by atoms with E-state index in [-0.39, 0.29) is 0 Å². The molecular formula is C8F10S. The fourth-order valence-electron chi connectivity index (χ4n) is 0.860. The molecule has 0 saturated carbocycles. The second-order valence-corrected chi connectivity index (χ2v) is 4.14. The second kappa shape index (κ2) is 4.76. The zero-order valence-corrected chi connectivity index (χ0v) is 9.00. The molecule has 0 atom stereocenters. The summed E-state index contributed by atoms with van der Waals surface area (Å²) in [7, 11) is 0. The molecule has 11 heteroatoms. The molecule has 0 unspecified atom stereocenters. The van der Waals surface area contributed by atoms with Crippen LogP contribution in [0.1, 0.15) is 0 Å². The summed E-state index contributed by atoms with van der Waals surface area (Å²) in [5, 5.41) is -5.72. The molecule has 0 heterocycles. The molecule has 0 N–H and O–H groups in total. The molecule has 0 nitrogen and oxygen atoms in total. The minimum absolute atomic E-state index is 1.81. The van der Waals surface area contributed by atoms with E-state index in [0.717, 1.165) is 0 Å². The summed E-state index contributed by atoms with van der Waals surface area (Å²) in [6.07, 6.45) is -6.22. The summed E-state index contributed by atoms with van der Waals surface area (Å²) >= 11 is -1.81. The van der Waals surface area contributed by atoms with E-state index in [9.17, 15) is 43.9 Å². The first-order chi connectivity index (χ1) is 8.40. The lowest BCUT2D eigenvalue weighted by atomic mass is 10.3. The fourth-order valence-corrected chi connectivity index (χ4v) is 1.59. The van der Waals surface area contributed by atoms with Gasteiger partial charge in [-0.05, 0) is 11.8 Å². The number of alkyl halides is 5. The molecule has 1 aromatic carbocycles. The van der Waals surface area contributed by atoms with Crippen LogP contribution < -0.4 is 0 Å². The number of benzene rings is 1. The van der Waals surface area contributed by atoms with E-state index in [1.165, 1.54) is 0 Å². The minimum atomic E-state index is -6.22. The Balaban J connectivity index is 3.39. The lowest BCUT2D eigenvalue weighted by Gasteiger charge is -2.19. The number of rotatable bonds is 2. The topological polar surface area (TPSA) is 0 Å². The van der Waals surface area contributed by atoms with E-state index in [0.29, 0.717) is 0 Å². The fraction of sp³-hybridized carbons (Fsp3) is 0.250. The van der Waals surface area contributed by atoms with Crippen LogP contribution >= 0.6 is 11.8 Å². The monoisotopic (exact) mass is 318 g/mol. The highest BCUT2D eigenvalue weighted by Gasteiger charge is 2.59. The SMILES string of the molecule is Fc1c(F)c(F)c(SC(F)(F)C(F)(F)F)c(F)c1F. The normalized spacial score (nSPS) is 12.9. The van der Waals surface area contributed by atoms with Crippen molar-refractivity contribution in [2.45, 2.75) is 16.3 Å². The number of thioether (sulfide) groups is 1. The van der Waals surface area contributed by atoms with Gasteiger partial charge < -0.3 is 0 Å². The van der Waals surface area contributed by atoms with Gasteiger partial charge in [0.25, 0.3) is 0 Å². The first-order valence-corrected chi connectivity index (χ1v) is 4.86. The van der Waals surface area contributed by atoms with Crippen molar-refractivity contribution in [3.63, 3.8) is 0 Å². The Morgan fingerprint density at radius 1 is 0.579 bits per heavy atom. The maximum Gasteiger partial charge on any atom is 0.464 e. The maximum atomic E-state index is 12.9. The predicted octanol–water partition coefficient (Wildman–Crippen LogP) is 4.63. The van der Waals surface area contributed by atoms with Crippen LogP contribution in [0.2, 0.25) is 0 Å². The van der Waals surface area contributed by atoms with Crippen molar-refractivity contribution >= 4 is 11.8 Å². The van der Waals surface area contributed by atoms with Crippen LogP contribution in [0.15, 0.2) is 4.90 Å². The zero-order valence-electron chi connectivity index (χ0n) is 8.19. The average molecular weight is 318 g/mol. The highest BCUT2D eigenvalue weighted by atomic mass is 32.2. The van der Waals surface area contributed by atoms with Gasteiger partial charge in [-0.1, -0.05) is 0 Å². The van der Waals surface area contributed by atoms with Gasteiger partial charge in [-0.15, -0.1) is 0 Å². The Hall–Kier alpha value is -1.13. The Morgan fingerprint density at radius 3 is 1.21 bits per heavy atom. The zero-order chi connectivity index (χ0) is 15.2. The summed E-state index contributed by atoms with van der Waals surface area (Å²) in [5.74, 6) is -13.4. The van der Waals surface area contributed by atoms with E-state index >= 15 is 0 Å². The lowest BCUT2D eigenvalue weighted by Crippen LogP contribution is -2.33. The van der Waals surface area contributed by atoms with Gasteiger partial charge in [0.1, 0.15) is 0 Å². The number of hydrogen-bond acceptors (Lipinski definition) is 1. The lowest BCUT2D eigenvalue weighted by molar-refractivity contribution is -0.237. The molecule has 0 spiro atoms. The van der Waals surface area contributed by atoms with E-state index < -0.39 is 57.2 Å². The molecule has 0 bridgehead atoms. The average Bonchev–Trinajstić information content (AvgIpc) is 2.28. The molecule has 0 aliphatic heterocycles. The highest BCUT2D eigenvalue weighted by molar-refractivity contribution is 8.00. The van der Waals surface area contributed by atoms with E-state index in [1.807, 2.05) is 0 Å². The Labute approximate surface area is 102 Å². The molecule has 1 rings (SSSR count). The van der Waals surface area contributed by atoms with Crippen molar-refractivity contribution in [3.8, 4) is 0 Å². The minimum Gasteiger partial charge on any atom is -0.202 e. The van der Waals surface area contributed by atoms with Crippen LogP contribution in [0.25, 0.3) is 0 Å². The first-order valence-electron chi connectivity index (χ1n) is 4.05. The van der Waals surface area contributed by atoms with Gasteiger partial charge in [-0.3, -0.25) is 0 Å². The van der Waals surface area contributed by atoms with Crippen molar-refractivity contribution in [2.24, 2.45) is 0 Å². The summed E-state index contributed by atoms with van der Waals surface area (Å²) in [6, 6.07) is 0. The molecule has 108 valence electrons. The largest absolute Gasteiger partial charge is 0.464 e. The molecule has 1 aromatic rings. The van der Waals surface area contributed by atoms with Gasteiger partial charge in [0.2, 0.25) is 5.82 Å². The van der Waals surface area contributed by atoms with Gasteiger partial charge in [-0.25, -0.2) is 22.0 Å². The molecule has 0 saturated heterocycles. The molecule has 0 radical (unpaired) electrons. The summed E-state index contributed by atoms with van der Waals surface area (Å²) in [6.45, 7) is 0. The first kappa shape index (κ1) is 15.9. The van der Waals surface area contributed by atoms with E-state index in [1.54, 1.807) is 0 Å². The molecule has 0 aliphatic carbocycles. The van der Waals surface area contributed by atoms with Crippen LogP contribution in [-0.2, 0) is 0 Å². The summed E-state index contributed by atoms with van der Waals surface area (Å²) in [5.41, 5.74) is 0. The summed E-state index contributed by atoms with van der Waals surface area (Å²) < 4.78 is 124. The third-order valence-corrected chi connectivity index (χ3v) is 2.78. The molecule has 19 heavy (non-hydrogen) atoms. The van der Waals surface area contributed by atoms with Crippen LogP contribution in [0.3, 0.4) is 0 Å². The maximum absolute atomic E-state index is 12.9. The van der Waals surface area contributed by atoms with Crippen LogP contribution in [0, 0.1) is 29.1 Å². The van der Waals surface area contributed by atoms with E-state index in [2.05, 4.69) is 0 Å². The van der Waals surface area contributed by atoms with Crippen LogP contribution in [-0.4, -0.2) is 11.4 Å². The Kier molecular flexibility index (Phi) is 3.99. The Bertz CT molecular complexity index is 476. The van der Waals surface area contributed by atoms with Crippen molar-refractivity contribution in [1.82, 2.24) is 0 Å². The van der Waals surface area contributed by atoms with Gasteiger partial charge in [0, 0.05) is 0 Å². The van der Waals surface area contributed by atoms with Gasteiger partial charge in [0.05, 0.1) is 4.90 Å². The van der Waals surface area contributed by atoms with Crippen molar-refractivity contribution in [2.75, 3.05) is 0 Å². The van der Waals surface area contributed by atoms with Crippen molar-refractivity contribution < 1.29 is 43.9 Å². The smallest absolute Gasteiger partial charge is 0.202 e. The van der Waals surface area contributed by atoms with Crippen molar-refractivity contribution in [3.05, 3.63) is 29.1 Å².